The summed E-state index contributed by atoms with van der Waals surface area (Å²) in [5.74, 6) is 0.756. The van der Waals surface area contributed by atoms with E-state index in [2.05, 4.69) is 6.07 Å². The van der Waals surface area contributed by atoms with Crippen molar-refractivity contribution in [3.05, 3.63) is 40.8 Å². The highest BCUT2D eigenvalue weighted by molar-refractivity contribution is 7.98. The van der Waals surface area contributed by atoms with Crippen LogP contribution in [-0.2, 0) is 10.9 Å². The molecule has 0 spiro atoms. The van der Waals surface area contributed by atoms with Crippen molar-refractivity contribution in [1.29, 1.82) is 0 Å². The lowest BCUT2D eigenvalue weighted by Crippen LogP contribution is -2.42. The predicted octanol–water partition coefficient (Wildman–Crippen LogP) is 3.83. The molecule has 3 heterocycles. The van der Waals surface area contributed by atoms with Gasteiger partial charge in [-0.25, -0.2) is 4.79 Å². The van der Waals surface area contributed by atoms with E-state index in [1.54, 1.807) is 0 Å². The molecule has 0 unspecified atom stereocenters. The van der Waals surface area contributed by atoms with Crippen LogP contribution in [0, 0.1) is 0 Å². The molecule has 0 amide bonds. The lowest BCUT2D eigenvalue weighted by Gasteiger charge is -2.33. The Balaban J connectivity index is 1.87. The molecule has 0 aromatic carbocycles. The summed E-state index contributed by atoms with van der Waals surface area (Å²) in [6.45, 7) is 0. The Bertz CT molecular complexity index is 626. The van der Waals surface area contributed by atoms with Crippen LogP contribution < -0.4 is 5.63 Å². The summed E-state index contributed by atoms with van der Waals surface area (Å²) >= 11 is 0. The highest BCUT2D eigenvalue weighted by atomic mass is 32.2. The molecule has 20 heavy (non-hydrogen) atoms. The summed E-state index contributed by atoms with van der Waals surface area (Å²) in [6.07, 6.45) is 7.87. The Morgan fingerprint density at radius 1 is 0.950 bits per heavy atom. The zero-order chi connectivity index (χ0) is 13.5. The van der Waals surface area contributed by atoms with Crippen molar-refractivity contribution >= 4 is 10.9 Å². The molecule has 0 N–H and O–H groups in total. The minimum Gasteiger partial charge on any atom is -0.419 e. The van der Waals surface area contributed by atoms with Crippen LogP contribution in [0.3, 0.4) is 0 Å². The van der Waals surface area contributed by atoms with E-state index in [9.17, 15) is 4.79 Å². The number of rotatable bonds is 1. The van der Waals surface area contributed by atoms with Crippen LogP contribution in [0.25, 0.3) is 11.3 Å². The second-order valence-electron chi connectivity index (χ2n) is 5.88. The van der Waals surface area contributed by atoms with Crippen molar-refractivity contribution in [2.75, 3.05) is 0 Å². The van der Waals surface area contributed by atoms with Gasteiger partial charge in [0, 0.05) is 10.9 Å². The molecule has 104 valence electrons. The van der Waals surface area contributed by atoms with Gasteiger partial charge in [0.15, 0.2) is 0 Å². The van der Waals surface area contributed by atoms with E-state index in [1.165, 1.54) is 38.5 Å². The molecule has 0 radical (unpaired) electrons. The van der Waals surface area contributed by atoms with Gasteiger partial charge in [-0.05, 0) is 50.7 Å². The quantitative estimate of drug-likeness (QED) is 0.746. The Morgan fingerprint density at radius 2 is 1.60 bits per heavy atom. The van der Waals surface area contributed by atoms with Crippen LogP contribution in [0.15, 0.2) is 44.4 Å². The SMILES string of the molecule is O=c1oc2cccccc-2c1[S+]1C2CCCC1CCC2. The van der Waals surface area contributed by atoms with Crippen molar-refractivity contribution < 1.29 is 4.42 Å². The first-order valence-corrected chi connectivity index (χ1v) is 8.93. The van der Waals surface area contributed by atoms with Gasteiger partial charge in [-0.3, -0.25) is 0 Å². The van der Waals surface area contributed by atoms with E-state index in [0.717, 1.165) is 26.7 Å². The molecule has 4 aliphatic rings. The van der Waals surface area contributed by atoms with Crippen LogP contribution in [0.5, 0.6) is 0 Å². The highest BCUT2D eigenvalue weighted by Crippen LogP contribution is 2.44. The molecule has 2 bridgehead atoms. The van der Waals surface area contributed by atoms with Crippen LogP contribution in [0.1, 0.15) is 38.5 Å². The fourth-order valence-corrected chi connectivity index (χ4v) is 7.39. The van der Waals surface area contributed by atoms with Gasteiger partial charge in [0.1, 0.15) is 16.3 Å². The van der Waals surface area contributed by atoms with Crippen molar-refractivity contribution in [3.63, 3.8) is 0 Å². The Hall–Kier alpha value is -1.22. The maximum atomic E-state index is 12.4. The van der Waals surface area contributed by atoms with Crippen molar-refractivity contribution in [2.45, 2.75) is 53.9 Å². The summed E-state index contributed by atoms with van der Waals surface area (Å²) in [5, 5.41) is 1.45. The third-order valence-electron chi connectivity index (χ3n) is 4.69. The van der Waals surface area contributed by atoms with E-state index >= 15 is 0 Å². The van der Waals surface area contributed by atoms with Crippen LogP contribution in [-0.4, -0.2) is 10.5 Å². The predicted molar refractivity (Wildman–Crippen MR) is 82.5 cm³/mol. The molecule has 2 nitrogen and oxygen atoms in total. The fourth-order valence-electron chi connectivity index (χ4n) is 3.84. The van der Waals surface area contributed by atoms with E-state index in [0.29, 0.717) is 0 Å². The van der Waals surface area contributed by atoms with Gasteiger partial charge in [-0.1, -0.05) is 18.2 Å². The van der Waals surface area contributed by atoms with Gasteiger partial charge in [0.05, 0.1) is 5.56 Å². The molecule has 1 aliphatic carbocycles. The average molecular weight is 287 g/mol. The smallest absolute Gasteiger partial charge is 0.393 e. The summed E-state index contributed by atoms with van der Waals surface area (Å²) in [6, 6.07) is 9.94. The van der Waals surface area contributed by atoms with Crippen LogP contribution in [0.4, 0.5) is 0 Å². The first-order valence-electron chi connectivity index (χ1n) is 7.58. The third kappa shape index (κ3) is 1.91. The lowest BCUT2D eigenvalue weighted by molar-refractivity contribution is 0.479. The molecule has 0 atom stereocenters. The van der Waals surface area contributed by atoms with Gasteiger partial charge >= 0.3 is 5.63 Å². The minimum absolute atomic E-state index is 0.0756. The summed E-state index contributed by atoms with van der Waals surface area (Å²) in [5.41, 5.74) is 0.982. The van der Waals surface area contributed by atoms with E-state index in [4.69, 9.17) is 4.42 Å². The van der Waals surface area contributed by atoms with Gasteiger partial charge in [-0.2, -0.15) is 0 Å². The van der Waals surface area contributed by atoms with E-state index < -0.39 is 0 Å². The third-order valence-corrected chi connectivity index (χ3v) is 7.93. The topological polar surface area (TPSA) is 30.2 Å². The molecule has 3 aliphatic heterocycles. The molecule has 0 aromatic rings. The average Bonchev–Trinajstić information content (AvgIpc) is 2.59. The second kappa shape index (κ2) is 4.96. The largest absolute Gasteiger partial charge is 0.419 e. The van der Waals surface area contributed by atoms with E-state index in [1.807, 2.05) is 24.3 Å². The minimum atomic E-state index is -0.0756. The summed E-state index contributed by atoms with van der Waals surface area (Å²) in [4.78, 5) is 13.4. The zero-order valence-corrected chi connectivity index (χ0v) is 12.3. The van der Waals surface area contributed by atoms with Crippen molar-refractivity contribution in [2.24, 2.45) is 0 Å². The number of furan rings is 1. The van der Waals surface area contributed by atoms with E-state index in [-0.39, 0.29) is 16.5 Å². The summed E-state index contributed by atoms with van der Waals surface area (Å²) < 4.78 is 5.53. The van der Waals surface area contributed by atoms with Gasteiger partial charge < -0.3 is 4.42 Å². The highest BCUT2D eigenvalue weighted by Gasteiger charge is 2.49. The number of hydrogen-bond acceptors (Lipinski definition) is 2. The summed E-state index contributed by atoms with van der Waals surface area (Å²) in [7, 11) is 0.113. The molecule has 3 heteroatoms. The normalized spacial score (nSPS) is 29.5. The molecule has 2 fully saturated rings. The Morgan fingerprint density at radius 3 is 2.30 bits per heavy atom. The zero-order valence-electron chi connectivity index (χ0n) is 11.5. The number of fused-ring (bicyclic) bond motifs is 3. The monoisotopic (exact) mass is 287 g/mol. The first-order chi connectivity index (χ1) is 9.84. The maximum absolute atomic E-state index is 12.4. The van der Waals surface area contributed by atoms with Gasteiger partial charge in [0.2, 0.25) is 0 Å². The van der Waals surface area contributed by atoms with Gasteiger partial charge in [0.25, 0.3) is 4.90 Å². The Labute approximate surface area is 121 Å². The molecule has 4 rings (SSSR count). The first kappa shape index (κ1) is 12.5. The molecule has 2 saturated heterocycles. The van der Waals surface area contributed by atoms with Crippen LogP contribution in [0.2, 0.25) is 0 Å². The molecular weight excluding hydrogens is 268 g/mol. The molecular formula is C17H19O2S+. The molecule has 0 aromatic heterocycles. The number of hydrogen-bond donors (Lipinski definition) is 0. The molecule has 0 saturated carbocycles. The fraction of sp³-hybridized carbons (Fsp3) is 0.471. The second-order valence-corrected chi connectivity index (χ2v) is 8.37. The standard InChI is InChI=1S/C17H19O2S/c18-17-16(14-10-2-1-3-11-15(14)19-17)20-12-6-4-7-13(20)9-5-8-12/h1-3,10-13H,4-9H2/q+1. The van der Waals surface area contributed by atoms with Crippen molar-refractivity contribution in [3.8, 4) is 11.3 Å². The van der Waals surface area contributed by atoms with Gasteiger partial charge in [-0.15, -0.1) is 0 Å². The van der Waals surface area contributed by atoms with Crippen molar-refractivity contribution in [1.82, 2.24) is 0 Å². The lowest BCUT2D eigenvalue weighted by atomic mass is 9.99. The Kier molecular flexibility index (Phi) is 3.10. The van der Waals surface area contributed by atoms with Crippen LogP contribution >= 0.6 is 0 Å². The maximum Gasteiger partial charge on any atom is 0.393 e.